The summed E-state index contributed by atoms with van der Waals surface area (Å²) in [5.41, 5.74) is 8.24. The summed E-state index contributed by atoms with van der Waals surface area (Å²) in [4.78, 5) is 2.29. The van der Waals surface area contributed by atoms with Crippen molar-refractivity contribution >= 4 is 0 Å². The molecule has 0 spiro atoms. The molecule has 2 aliphatic carbocycles. The van der Waals surface area contributed by atoms with Gasteiger partial charge >= 0.3 is 6.05 Å². The number of rotatable bonds is 5. The van der Waals surface area contributed by atoms with Gasteiger partial charge in [0.05, 0.1) is 0 Å². The lowest BCUT2D eigenvalue weighted by Gasteiger charge is -2.38. The highest BCUT2D eigenvalue weighted by atomic mass is 19.3. The highest BCUT2D eigenvalue weighted by molar-refractivity contribution is 4.86. The molecule has 0 aromatic carbocycles. The molecule has 21 heavy (non-hydrogen) atoms. The quantitative estimate of drug-likeness (QED) is 0.247. The first kappa shape index (κ1) is 16.5. The van der Waals surface area contributed by atoms with Crippen LogP contribution in [0, 0.1) is 23.7 Å². The summed E-state index contributed by atoms with van der Waals surface area (Å²) in [5, 5.41) is 2.70. The van der Waals surface area contributed by atoms with Gasteiger partial charge in [-0.2, -0.15) is 8.78 Å². The molecule has 0 bridgehead atoms. The Balaban J connectivity index is 1.78. The van der Waals surface area contributed by atoms with E-state index >= 15 is 0 Å². The molecule has 0 saturated heterocycles. The van der Waals surface area contributed by atoms with E-state index in [1.807, 2.05) is 0 Å². The molecule has 5 heteroatoms. The van der Waals surface area contributed by atoms with Crippen LogP contribution >= 0.6 is 0 Å². The fraction of sp³-hybridized carbons (Fsp3) is 1.00. The van der Waals surface area contributed by atoms with E-state index in [1.165, 1.54) is 38.5 Å². The average Bonchev–Trinajstić information content (AvgIpc) is 2.48. The summed E-state index contributed by atoms with van der Waals surface area (Å²) in [7, 11) is 0. The van der Waals surface area contributed by atoms with Gasteiger partial charge in [-0.1, -0.05) is 32.6 Å². The normalized spacial score (nSPS) is 34.2. The summed E-state index contributed by atoms with van der Waals surface area (Å²) >= 11 is 0. The van der Waals surface area contributed by atoms with Crippen LogP contribution in [0.2, 0.25) is 0 Å². The van der Waals surface area contributed by atoms with Gasteiger partial charge < -0.3 is 0 Å². The maximum Gasteiger partial charge on any atom is 0.328 e. The van der Waals surface area contributed by atoms with Crippen molar-refractivity contribution in [2.45, 2.75) is 77.2 Å². The van der Waals surface area contributed by atoms with Crippen molar-refractivity contribution < 1.29 is 8.78 Å². The second-order valence-electron chi connectivity index (χ2n) is 6.96. The van der Waals surface area contributed by atoms with Gasteiger partial charge in [0.2, 0.25) is 0 Å². The van der Waals surface area contributed by atoms with E-state index < -0.39 is 12.0 Å². The molecular weight excluding hydrogens is 272 g/mol. The molecule has 0 atom stereocenters. The van der Waals surface area contributed by atoms with E-state index in [0.717, 1.165) is 24.7 Å². The molecule has 2 aliphatic rings. The van der Waals surface area contributed by atoms with Crippen molar-refractivity contribution in [2.75, 3.05) is 0 Å². The van der Waals surface area contributed by atoms with Crippen LogP contribution in [-0.2, 0) is 0 Å². The largest absolute Gasteiger partial charge is 0.328 e. The standard InChI is InChI=1S/C16H27F2N3/c1-2-3-12-4-6-13(7-5-12)14-8-10-15(11-9-14)16(17,18)20-21-19/h12-15H,2-11H2,1H3. The summed E-state index contributed by atoms with van der Waals surface area (Å²) in [5.74, 6) is 1.51. The van der Waals surface area contributed by atoms with Crippen molar-refractivity contribution in [1.29, 1.82) is 0 Å². The third-order valence-electron chi connectivity index (χ3n) is 5.70. The maximum atomic E-state index is 13.6. The fourth-order valence-electron chi connectivity index (χ4n) is 4.44. The van der Waals surface area contributed by atoms with Gasteiger partial charge in [0, 0.05) is 10.8 Å². The van der Waals surface area contributed by atoms with Crippen molar-refractivity contribution in [2.24, 2.45) is 28.8 Å². The van der Waals surface area contributed by atoms with Gasteiger partial charge in [-0.3, -0.25) is 0 Å². The first-order valence-electron chi connectivity index (χ1n) is 8.50. The van der Waals surface area contributed by atoms with Crippen LogP contribution in [0.5, 0.6) is 0 Å². The van der Waals surface area contributed by atoms with Crippen LogP contribution in [0.1, 0.15) is 71.1 Å². The smallest absolute Gasteiger partial charge is 0.200 e. The SMILES string of the molecule is CCCC1CCC(C2CCC(C(F)(F)N=[N+]=[N-])CC2)CC1. The number of halogens is 2. The van der Waals surface area contributed by atoms with Gasteiger partial charge in [0.25, 0.3) is 0 Å². The molecule has 0 heterocycles. The Morgan fingerprint density at radius 3 is 2.00 bits per heavy atom. The molecule has 2 saturated carbocycles. The summed E-state index contributed by atoms with van der Waals surface area (Å²) in [6.45, 7) is 2.25. The van der Waals surface area contributed by atoms with E-state index in [-0.39, 0.29) is 0 Å². The van der Waals surface area contributed by atoms with Crippen LogP contribution < -0.4 is 0 Å². The van der Waals surface area contributed by atoms with Gasteiger partial charge in [-0.25, -0.2) is 0 Å². The Morgan fingerprint density at radius 1 is 1.00 bits per heavy atom. The highest BCUT2D eigenvalue weighted by Crippen LogP contribution is 2.45. The fourth-order valence-corrected chi connectivity index (χ4v) is 4.44. The Hall–Kier alpha value is -0.830. The van der Waals surface area contributed by atoms with Crippen LogP contribution in [0.4, 0.5) is 8.78 Å². The lowest BCUT2D eigenvalue weighted by atomic mass is 9.68. The number of azide groups is 1. The zero-order valence-electron chi connectivity index (χ0n) is 13.0. The van der Waals surface area contributed by atoms with E-state index in [0.29, 0.717) is 18.8 Å². The molecule has 0 aromatic heterocycles. The molecule has 2 fully saturated rings. The zero-order chi connectivity index (χ0) is 15.3. The Kier molecular flexibility index (Phi) is 5.86. The minimum absolute atomic E-state index is 0.506. The zero-order valence-corrected chi connectivity index (χ0v) is 13.0. The highest BCUT2D eigenvalue weighted by Gasteiger charge is 2.42. The molecule has 3 nitrogen and oxygen atoms in total. The molecule has 0 radical (unpaired) electrons. The van der Waals surface area contributed by atoms with Crippen molar-refractivity contribution in [1.82, 2.24) is 0 Å². The maximum absolute atomic E-state index is 13.6. The van der Waals surface area contributed by atoms with E-state index in [4.69, 9.17) is 5.53 Å². The van der Waals surface area contributed by atoms with Crippen molar-refractivity contribution in [3.05, 3.63) is 10.4 Å². The second kappa shape index (κ2) is 7.44. The molecule has 0 N–H and O–H groups in total. The topological polar surface area (TPSA) is 48.8 Å². The summed E-state index contributed by atoms with van der Waals surface area (Å²) in [6.07, 6.45) is 10.6. The predicted molar refractivity (Wildman–Crippen MR) is 79.9 cm³/mol. The molecule has 0 unspecified atom stereocenters. The minimum atomic E-state index is -3.20. The number of nitrogens with zero attached hydrogens (tertiary/aromatic N) is 3. The van der Waals surface area contributed by atoms with Gasteiger partial charge in [-0.15, -0.1) is 0 Å². The number of hydrogen-bond donors (Lipinski definition) is 0. The van der Waals surface area contributed by atoms with E-state index in [1.54, 1.807) is 0 Å². The van der Waals surface area contributed by atoms with E-state index in [2.05, 4.69) is 16.9 Å². The summed E-state index contributed by atoms with van der Waals surface area (Å²) < 4.78 is 27.2. The van der Waals surface area contributed by atoms with Crippen LogP contribution in [0.25, 0.3) is 10.4 Å². The van der Waals surface area contributed by atoms with Crippen molar-refractivity contribution in [3.63, 3.8) is 0 Å². The molecule has 0 amide bonds. The Bertz CT molecular complexity index is 364. The van der Waals surface area contributed by atoms with Crippen molar-refractivity contribution in [3.8, 4) is 0 Å². The van der Waals surface area contributed by atoms with Gasteiger partial charge in [-0.05, 0) is 66.9 Å². The lowest BCUT2D eigenvalue weighted by molar-refractivity contribution is -0.0722. The molecule has 0 aliphatic heterocycles. The first-order chi connectivity index (χ1) is 10.1. The minimum Gasteiger partial charge on any atom is -0.200 e. The first-order valence-corrected chi connectivity index (χ1v) is 8.50. The van der Waals surface area contributed by atoms with Crippen LogP contribution in [-0.4, -0.2) is 6.05 Å². The lowest BCUT2D eigenvalue weighted by Crippen LogP contribution is -2.32. The van der Waals surface area contributed by atoms with Gasteiger partial charge in [0.15, 0.2) is 0 Å². The third-order valence-corrected chi connectivity index (χ3v) is 5.70. The second-order valence-corrected chi connectivity index (χ2v) is 6.96. The number of alkyl halides is 2. The monoisotopic (exact) mass is 299 g/mol. The van der Waals surface area contributed by atoms with Gasteiger partial charge in [0.1, 0.15) is 0 Å². The Morgan fingerprint density at radius 2 is 1.52 bits per heavy atom. The number of hydrogen-bond acceptors (Lipinski definition) is 1. The van der Waals surface area contributed by atoms with Crippen LogP contribution in [0.3, 0.4) is 0 Å². The molecule has 120 valence electrons. The molecule has 2 rings (SSSR count). The van der Waals surface area contributed by atoms with E-state index in [9.17, 15) is 8.78 Å². The molecular formula is C16H27F2N3. The summed E-state index contributed by atoms with van der Waals surface area (Å²) in [6, 6.07) is -3.20. The third kappa shape index (κ3) is 4.32. The Labute approximate surface area is 126 Å². The predicted octanol–water partition coefficient (Wildman–Crippen LogP) is 6.30. The molecule has 0 aromatic rings. The van der Waals surface area contributed by atoms with Crippen LogP contribution in [0.15, 0.2) is 5.11 Å². The average molecular weight is 299 g/mol.